The molecule has 142 valence electrons. The van der Waals surface area contributed by atoms with Crippen molar-refractivity contribution in [2.75, 3.05) is 13.1 Å². The molecule has 1 aromatic carbocycles. The summed E-state index contributed by atoms with van der Waals surface area (Å²) < 4.78 is 21.5. The Morgan fingerprint density at radius 1 is 1.46 bits per heavy atom. The van der Waals surface area contributed by atoms with Gasteiger partial charge >= 0.3 is 6.03 Å². The Balaban J connectivity index is 2.18. The number of amides is 1. The summed E-state index contributed by atoms with van der Waals surface area (Å²) in [5.74, 6) is -0.0864. The number of nitrogens with zero attached hydrogens (tertiary/aromatic N) is 2. The van der Waals surface area contributed by atoms with Crippen LogP contribution in [0.3, 0.4) is 0 Å². The van der Waals surface area contributed by atoms with Crippen LogP contribution in [0, 0.1) is 17.5 Å². The molecule has 26 heavy (non-hydrogen) atoms. The number of rotatable bonds is 7. The number of carbonyl (C=O) groups is 1. The van der Waals surface area contributed by atoms with Crippen LogP contribution in [0.15, 0.2) is 24.5 Å². The normalized spacial score (nSPS) is 12.0. The van der Waals surface area contributed by atoms with E-state index >= 15 is 0 Å². The number of carbonyl (C=O) groups excluding carboxylic acids is 1. The minimum atomic E-state index is -0.373. The van der Waals surface area contributed by atoms with Crippen molar-refractivity contribution in [3.05, 3.63) is 45.7 Å². The highest BCUT2D eigenvalue weighted by Gasteiger charge is 2.21. The van der Waals surface area contributed by atoms with E-state index in [-0.39, 0.29) is 23.7 Å². The van der Waals surface area contributed by atoms with E-state index in [9.17, 15) is 9.18 Å². The predicted octanol–water partition coefficient (Wildman–Crippen LogP) is 5.18. The maximum atomic E-state index is 13.9. The molecule has 0 spiro atoms. The summed E-state index contributed by atoms with van der Waals surface area (Å²) in [6, 6.07) is 2.60. The van der Waals surface area contributed by atoms with Crippen molar-refractivity contribution < 1.29 is 13.9 Å². The lowest BCUT2D eigenvalue weighted by Crippen LogP contribution is -2.41. The van der Waals surface area contributed by atoms with E-state index in [1.807, 2.05) is 13.8 Å². The Kier molecular flexibility index (Phi) is 7.23. The Hall–Kier alpha value is -1.86. The Morgan fingerprint density at radius 2 is 2.19 bits per heavy atom. The van der Waals surface area contributed by atoms with Crippen LogP contribution in [-0.4, -0.2) is 39.7 Å². The fourth-order valence-electron chi connectivity index (χ4n) is 2.62. The molecule has 1 heterocycles. The highest BCUT2D eigenvalue weighted by Crippen LogP contribution is 2.29. The Bertz CT molecular complexity index is 821. The van der Waals surface area contributed by atoms with Gasteiger partial charge in [-0.05, 0) is 44.1 Å². The van der Waals surface area contributed by atoms with Crippen LogP contribution in [-0.2, 0) is 0 Å². The lowest BCUT2D eigenvalue weighted by Gasteiger charge is -2.27. The van der Waals surface area contributed by atoms with Crippen LogP contribution in [0.2, 0.25) is 5.02 Å². The number of ether oxygens (including phenoxy) is 1. The van der Waals surface area contributed by atoms with Crippen LogP contribution < -0.4 is 4.74 Å². The second-order valence-corrected chi connectivity index (χ2v) is 6.81. The summed E-state index contributed by atoms with van der Waals surface area (Å²) in [6.45, 7) is 6.39. The summed E-state index contributed by atoms with van der Waals surface area (Å²) in [4.78, 5) is 17.1. The molecule has 2 rings (SSSR count). The average molecular weight is 400 g/mol. The molecule has 1 N–H and O–H groups in total. The number of aromatic amines is 1. The second-order valence-electron chi connectivity index (χ2n) is 6.02. The lowest BCUT2D eigenvalue weighted by molar-refractivity contribution is 0.133. The molecule has 0 aliphatic rings. The van der Waals surface area contributed by atoms with Crippen molar-refractivity contribution in [2.24, 2.45) is 0 Å². The molecule has 1 atom stereocenters. The predicted molar refractivity (Wildman–Crippen MR) is 103 cm³/mol. The maximum absolute atomic E-state index is 13.9. The minimum Gasteiger partial charge on any atom is -0.487 e. The first-order valence-electron chi connectivity index (χ1n) is 8.54. The molecular weight excluding hydrogens is 377 g/mol. The van der Waals surface area contributed by atoms with E-state index in [0.29, 0.717) is 34.9 Å². The van der Waals surface area contributed by atoms with E-state index in [2.05, 4.69) is 4.98 Å². The van der Waals surface area contributed by atoms with E-state index in [4.69, 9.17) is 28.6 Å². The topological polar surface area (TPSA) is 50.3 Å². The van der Waals surface area contributed by atoms with Gasteiger partial charge in [0.2, 0.25) is 0 Å². The van der Waals surface area contributed by atoms with Crippen LogP contribution in [0.5, 0.6) is 5.75 Å². The molecule has 1 aromatic heterocycles. The molecule has 0 aliphatic heterocycles. The molecule has 2 aromatic rings. The number of nitrogens with one attached hydrogen (secondary N) is 1. The third-order valence-electron chi connectivity index (χ3n) is 4.05. The van der Waals surface area contributed by atoms with E-state index in [1.54, 1.807) is 24.2 Å². The van der Waals surface area contributed by atoms with Gasteiger partial charge in [0.1, 0.15) is 17.7 Å². The molecule has 0 aliphatic carbocycles. The Morgan fingerprint density at radius 3 is 2.77 bits per heavy atom. The summed E-state index contributed by atoms with van der Waals surface area (Å²) in [5, 5.41) is 0.354. The summed E-state index contributed by atoms with van der Waals surface area (Å²) in [5.41, 5.74) is 0.460. The number of likely N-dealkylation sites (N-methyl/N-ethyl adjacent to an activating group) is 1. The third-order valence-corrected chi connectivity index (χ3v) is 4.66. The summed E-state index contributed by atoms with van der Waals surface area (Å²) in [6.07, 6.45) is 4.45. The van der Waals surface area contributed by atoms with Gasteiger partial charge in [-0.2, -0.15) is 0 Å². The van der Waals surface area contributed by atoms with E-state index < -0.39 is 0 Å². The SMILES string of the molecule is CCCC(CN(CC)C(=O)n1cc[nH]c1=S)Oc1cc(F)c(C)cc1Cl. The van der Waals surface area contributed by atoms with Gasteiger partial charge in [0.05, 0.1) is 11.6 Å². The number of H-pyrrole nitrogens is 1. The fraction of sp³-hybridized carbons (Fsp3) is 0.444. The number of aryl methyl sites for hydroxylation is 1. The number of aromatic nitrogens is 2. The van der Waals surface area contributed by atoms with Gasteiger partial charge in [-0.3, -0.25) is 0 Å². The molecule has 0 radical (unpaired) electrons. The zero-order valence-electron chi connectivity index (χ0n) is 15.1. The van der Waals surface area contributed by atoms with Gasteiger partial charge in [-0.25, -0.2) is 13.8 Å². The number of hydrogen-bond acceptors (Lipinski definition) is 3. The average Bonchev–Trinajstić information content (AvgIpc) is 3.03. The number of hydrogen-bond donors (Lipinski definition) is 1. The molecule has 0 fully saturated rings. The van der Waals surface area contributed by atoms with Crippen molar-refractivity contribution in [2.45, 2.75) is 39.7 Å². The molecule has 5 nitrogen and oxygen atoms in total. The monoisotopic (exact) mass is 399 g/mol. The van der Waals surface area contributed by atoms with E-state index in [1.165, 1.54) is 16.7 Å². The van der Waals surface area contributed by atoms with Gasteiger partial charge in [-0.1, -0.05) is 24.9 Å². The number of imidazole rings is 1. The Labute approximate surface area is 162 Å². The smallest absolute Gasteiger partial charge is 0.330 e. The van der Waals surface area contributed by atoms with Gasteiger partial charge in [-0.15, -0.1) is 0 Å². The fourth-order valence-corrected chi connectivity index (χ4v) is 3.09. The first kappa shape index (κ1) is 20.5. The first-order valence-corrected chi connectivity index (χ1v) is 9.33. The van der Waals surface area contributed by atoms with Gasteiger partial charge in [0.25, 0.3) is 0 Å². The largest absolute Gasteiger partial charge is 0.487 e. The zero-order valence-corrected chi connectivity index (χ0v) is 16.7. The van der Waals surface area contributed by atoms with Crippen molar-refractivity contribution in [3.63, 3.8) is 0 Å². The highest BCUT2D eigenvalue weighted by atomic mass is 35.5. The zero-order chi connectivity index (χ0) is 19.3. The lowest BCUT2D eigenvalue weighted by atomic mass is 10.2. The van der Waals surface area contributed by atoms with Crippen LogP contribution in [0.1, 0.15) is 32.3 Å². The van der Waals surface area contributed by atoms with Crippen molar-refractivity contribution >= 4 is 29.8 Å². The second kappa shape index (κ2) is 9.19. The molecule has 8 heteroatoms. The minimum absolute atomic E-state index is 0.232. The van der Waals surface area contributed by atoms with Gasteiger partial charge < -0.3 is 14.6 Å². The van der Waals surface area contributed by atoms with E-state index in [0.717, 1.165) is 6.42 Å². The number of benzene rings is 1. The molecule has 0 saturated heterocycles. The quantitative estimate of drug-likeness (QED) is 0.652. The van der Waals surface area contributed by atoms with Gasteiger partial charge in [0.15, 0.2) is 4.77 Å². The molecule has 0 saturated carbocycles. The molecule has 1 unspecified atom stereocenters. The van der Waals surface area contributed by atoms with Crippen molar-refractivity contribution in [1.29, 1.82) is 0 Å². The first-order chi connectivity index (χ1) is 12.4. The van der Waals surface area contributed by atoms with Gasteiger partial charge in [0, 0.05) is 25.0 Å². The van der Waals surface area contributed by atoms with Crippen LogP contribution >= 0.6 is 23.8 Å². The van der Waals surface area contributed by atoms with Crippen LogP contribution in [0.25, 0.3) is 0 Å². The van der Waals surface area contributed by atoms with Crippen molar-refractivity contribution in [1.82, 2.24) is 14.5 Å². The molecule has 0 bridgehead atoms. The molecule has 1 amide bonds. The van der Waals surface area contributed by atoms with Crippen molar-refractivity contribution in [3.8, 4) is 5.75 Å². The van der Waals surface area contributed by atoms with Crippen LogP contribution in [0.4, 0.5) is 9.18 Å². The molecular formula is C18H23ClFN3O2S. The standard InChI is InChI=1S/C18H23ClFN3O2S/c1-4-6-13(25-16-10-15(20)12(3)9-14(16)19)11-22(5-2)18(24)23-8-7-21-17(23)26/h7-10,13H,4-6,11H2,1-3H3,(H,21,26). The summed E-state index contributed by atoms with van der Waals surface area (Å²) in [7, 11) is 0. The summed E-state index contributed by atoms with van der Waals surface area (Å²) >= 11 is 11.3. The third kappa shape index (κ3) is 4.86. The maximum Gasteiger partial charge on any atom is 0.330 e. The highest BCUT2D eigenvalue weighted by molar-refractivity contribution is 7.71. The number of halogens is 2.